The lowest BCUT2D eigenvalue weighted by Gasteiger charge is -2.26. The molecule has 1 aromatic carbocycles. The summed E-state index contributed by atoms with van der Waals surface area (Å²) in [4.78, 5) is 0. The molecule has 0 spiro atoms. The molecule has 0 heterocycles. The van der Waals surface area contributed by atoms with Crippen molar-refractivity contribution < 1.29 is 17.6 Å². The van der Waals surface area contributed by atoms with Crippen molar-refractivity contribution in [3.05, 3.63) is 35.1 Å². The van der Waals surface area contributed by atoms with Gasteiger partial charge in [0, 0.05) is 12.6 Å². The second-order valence-corrected chi connectivity index (χ2v) is 5.57. The molecule has 21 heavy (non-hydrogen) atoms. The molecule has 0 saturated heterocycles. The van der Waals surface area contributed by atoms with Crippen LogP contribution in [0.2, 0.25) is 0 Å². The van der Waals surface area contributed by atoms with E-state index in [0.717, 1.165) is 24.5 Å². The minimum Gasteiger partial charge on any atom is -0.329 e. The topological polar surface area (TPSA) is 38.0 Å². The van der Waals surface area contributed by atoms with Crippen molar-refractivity contribution in [3.63, 3.8) is 0 Å². The van der Waals surface area contributed by atoms with E-state index < -0.39 is 17.6 Å². The molecule has 0 amide bonds. The fourth-order valence-electron chi connectivity index (χ4n) is 2.56. The Morgan fingerprint density at radius 3 is 2.52 bits per heavy atom. The Bertz CT molecular complexity index is 469. The highest BCUT2D eigenvalue weighted by Gasteiger charge is 2.34. The summed E-state index contributed by atoms with van der Waals surface area (Å²) in [6.07, 6.45) is 0.0281. The lowest BCUT2D eigenvalue weighted by Crippen LogP contribution is -2.31. The molecular weight excluding hydrogens is 284 g/mol. The molecule has 0 aromatic heterocycles. The molecule has 3 N–H and O–H groups in total. The fourth-order valence-corrected chi connectivity index (χ4v) is 2.56. The Labute approximate surface area is 121 Å². The van der Waals surface area contributed by atoms with Crippen LogP contribution in [0.5, 0.6) is 0 Å². The first-order chi connectivity index (χ1) is 9.91. The van der Waals surface area contributed by atoms with Gasteiger partial charge in [-0.05, 0) is 36.6 Å². The number of hydrogen-bond donors (Lipinski definition) is 2. The Morgan fingerprint density at radius 2 is 2.00 bits per heavy atom. The molecule has 1 saturated carbocycles. The molecule has 1 unspecified atom stereocenters. The van der Waals surface area contributed by atoms with E-state index in [1.165, 1.54) is 25.3 Å². The molecule has 1 atom stereocenters. The third-order valence-corrected chi connectivity index (χ3v) is 4.10. The zero-order chi connectivity index (χ0) is 15.5. The van der Waals surface area contributed by atoms with Gasteiger partial charge in [-0.3, -0.25) is 0 Å². The molecular formula is C15H20F4N2. The van der Waals surface area contributed by atoms with Crippen LogP contribution < -0.4 is 11.1 Å². The summed E-state index contributed by atoms with van der Waals surface area (Å²) in [5.41, 5.74) is 4.77. The number of nitrogens with two attached hydrogens (primary N) is 1. The maximum absolute atomic E-state index is 13.3. The normalized spacial score (nSPS) is 17.6. The van der Waals surface area contributed by atoms with Gasteiger partial charge < -0.3 is 11.1 Å². The third-order valence-electron chi connectivity index (χ3n) is 4.10. The summed E-state index contributed by atoms with van der Waals surface area (Å²) in [6, 6.07) is 2.68. The van der Waals surface area contributed by atoms with E-state index in [0.29, 0.717) is 12.1 Å². The predicted molar refractivity (Wildman–Crippen MR) is 73.2 cm³/mol. The minimum absolute atomic E-state index is 0.174. The molecule has 1 aliphatic rings. The number of rotatable bonds is 6. The van der Waals surface area contributed by atoms with E-state index in [-0.39, 0.29) is 12.6 Å². The average Bonchev–Trinajstić information content (AvgIpc) is 2.36. The molecule has 118 valence electrons. The minimum atomic E-state index is -4.69. The third kappa shape index (κ3) is 4.17. The number of benzene rings is 1. The van der Waals surface area contributed by atoms with Crippen LogP contribution in [0.1, 0.15) is 42.9 Å². The molecule has 0 bridgehead atoms. The molecule has 1 aliphatic carbocycles. The number of halogens is 4. The fraction of sp³-hybridized carbons (Fsp3) is 0.600. The second-order valence-electron chi connectivity index (χ2n) is 5.57. The highest BCUT2D eigenvalue weighted by atomic mass is 19.4. The smallest absolute Gasteiger partial charge is 0.329 e. The molecule has 0 aliphatic heterocycles. The van der Waals surface area contributed by atoms with Crippen LogP contribution in [0.4, 0.5) is 17.6 Å². The Hall–Kier alpha value is -1.14. The van der Waals surface area contributed by atoms with Gasteiger partial charge in [0.15, 0.2) is 0 Å². The number of nitrogens with one attached hydrogen (secondary N) is 1. The lowest BCUT2D eigenvalue weighted by molar-refractivity contribution is -0.140. The van der Waals surface area contributed by atoms with Gasteiger partial charge in [-0.15, -0.1) is 0 Å². The van der Waals surface area contributed by atoms with Crippen molar-refractivity contribution in [1.82, 2.24) is 5.32 Å². The standard InChI is InChI=1S/C15H20F4N2/c16-13-5-4-11(8-12(13)15(17,18)19)14(9-20)21-7-6-10-2-1-3-10/h4-5,8,10,14,21H,1-3,6-7,9,20H2. The number of hydrogen-bond acceptors (Lipinski definition) is 2. The molecule has 6 heteroatoms. The van der Waals surface area contributed by atoms with Crippen LogP contribution in [0, 0.1) is 11.7 Å². The van der Waals surface area contributed by atoms with E-state index in [1.807, 2.05) is 0 Å². The van der Waals surface area contributed by atoms with Crippen molar-refractivity contribution in [2.45, 2.75) is 37.9 Å². The number of alkyl halides is 3. The SMILES string of the molecule is NCC(NCCC1CCC1)c1ccc(F)c(C(F)(F)F)c1. The zero-order valence-corrected chi connectivity index (χ0v) is 11.7. The first-order valence-electron chi connectivity index (χ1n) is 7.22. The van der Waals surface area contributed by atoms with E-state index in [1.54, 1.807) is 0 Å². The van der Waals surface area contributed by atoms with Crippen molar-refractivity contribution in [2.24, 2.45) is 11.7 Å². The predicted octanol–water partition coefficient (Wildman–Crippen LogP) is 3.62. The maximum atomic E-state index is 13.3. The Balaban J connectivity index is 2.02. The molecule has 2 nitrogen and oxygen atoms in total. The summed E-state index contributed by atoms with van der Waals surface area (Å²) < 4.78 is 51.4. The summed E-state index contributed by atoms with van der Waals surface area (Å²) in [5.74, 6) is -0.536. The van der Waals surface area contributed by atoms with Crippen molar-refractivity contribution in [3.8, 4) is 0 Å². The summed E-state index contributed by atoms with van der Waals surface area (Å²) in [6.45, 7) is 0.888. The highest BCUT2D eigenvalue weighted by molar-refractivity contribution is 5.29. The van der Waals surface area contributed by atoms with Gasteiger partial charge in [0.2, 0.25) is 0 Å². The first-order valence-corrected chi connectivity index (χ1v) is 7.22. The van der Waals surface area contributed by atoms with E-state index >= 15 is 0 Å². The van der Waals surface area contributed by atoms with Crippen LogP contribution in [-0.4, -0.2) is 13.1 Å². The van der Waals surface area contributed by atoms with E-state index in [2.05, 4.69) is 5.32 Å². The average molecular weight is 304 g/mol. The van der Waals surface area contributed by atoms with Crippen molar-refractivity contribution in [1.29, 1.82) is 0 Å². The van der Waals surface area contributed by atoms with Gasteiger partial charge in [-0.25, -0.2) is 4.39 Å². The van der Waals surface area contributed by atoms with Gasteiger partial charge in [-0.2, -0.15) is 13.2 Å². The van der Waals surface area contributed by atoms with E-state index in [4.69, 9.17) is 5.73 Å². The highest BCUT2D eigenvalue weighted by Crippen LogP contribution is 2.33. The molecule has 1 aromatic rings. The van der Waals surface area contributed by atoms with Crippen LogP contribution in [0.15, 0.2) is 18.2 Å². The summed E-state index contributed by atoms with van der Waals surface area (Å²) >= 11 is 0. The van der Waals surface area contributed by atoms with E-state index in [9.17, 15) is 17.6 Å². The van der Waals surface area contributed by atoms with Gasteiger partial charge in [0.1, 0.15) is 5.82 Å². The van der Waals surface area contributed by atoms with Gasteiger partial charge in [0.25, 0.3) is 0 Å². The van der Waals surface area contributed by atoms with Crippen LogP contribution >= 0.6 is 0 Å². The van der Waals surface area contributed by atoms with Gasteiger partial charge >= 0.3 is 6.18 Å². The van der Waals surface area contributed by atoms with Gasteiger partial charge in [-0.1, -0.05) is 25.3 Å². The van der Waals surface area contributed by atoms with Crippen LogP contribution in [0.25, 0.3) is 0 Å². The summed E-state index contributed by atoms with van der Waals surface area (Å²) in [7, 11) is 0. The monoisotopic (exact) mass is 304 g/mol. The van der Waals surface area contributed by atoms with Crippen LogP contribution in [0.3, 0.4) is 0 Å². The lowest BCUT2D eigenvalue weighted by atomic mass is 9.83. The molecule has 0 radical (unpaired) electrons. The maximum Gasteiger partial charge on any atom is 0.419 e. The quantitative estimate of drug-likeness (QED) is 0.788. The first kappa shape index (κ1) is 16.2. The van der Waals surface area contributed by atoms with Crippen molar-refractivity contribution in [2.75, 3.05) is 13.1 Å². The van der Waals surface area contributed by atoms with Crippen LogP contribution in [-0.2, 0) is 6.18 Å². The second kappa shape index (κ2) is 6.75. The zero-order valence-electron chi connectivity index (χ0n) is 11.7. The Morgan fingerprint density at radius 1 is 1.29 bits per heavy atom. The van der Waals surface area contributed by atoms with Gasteiger partial charge in [0.05, 0.1) is 5.56 Å². The summed E-state index contributed by atoms with van der Waals surface area (Å²) in [5, 5.41) is 3.17. The van der Waals surface area contributed by atoms with Crippen molar-refractivity contribution >= 4 is 0 Å². The Kier molecular flexibility index (Phi) is 5.22. The largest absolute Gasteiger partial charge is 0.419 e. The molecule has 1 fully saturated rings. The molecule has 2 rings (SSSR count).